The van der Waals surface area contributed by atoms with Crippen LogP contribution < -0.4 is 4.72 Å². The first-order valence-corrected chi connectivity index (χ1v) is 7.19. The lowest BCUT2D eigenvalue weighted by Gasteiger charge is -2.43. The highest BCUT2D eigenvalue weighted by molar-refractivity contribution is 7.90. The molecule has 0 bridgehead atoms. The van der Waals surface area contributed by atoms with Crippen molar-refractivity contribution in [2.45, 2.75) is 50.3 Å². The molecule has 1 aliphatic rings. The Hall–Kier alpha value is -0.580. The molecule has 0 aromatic carbocycles. The molecule has 0 aliphatic heterocycles. The van der Waals surface area contributed by atoms with E-state index in [4.69, 9.17) is 0 Å². The normalized spacial score (nSPS) is 20.7. The Morgan fingerprint density at radius 3 is 2.53 bits per heavy atom. The molecule has 4 heteroatoms. The molecule has 1 aliphatic carbocycles. The summed E-state index contributed by atoms with van der Waals surface area (Å²) in [6.07, 6.45) is 6.92. The zero-order chi connectivity index (χ0) is 12.5. The third-order valence-corrected chi connectivity index (χ3v) is 4.95. The summed E-state index contributed by atoms with van der Waals surface area (Å²) in [4.78, 5) is 4.16. The average molecular weight is 252 g/mol. The van der Waals surface area contributed by atoms with Crippen LogP contribution in [0, 0.1) is 0 Å². The Labute approximate surface area is 106 Å². The maximum absolute atomic E-state index is 12.2. The molecular formula is C13H20N2OS. The first-order valence-electron chi connectivity index (χ1n) is 6.04. The summed E-state index contributed by atoms with van der Waals surface area (Å²) in [7, 11) is 0. The van der Waals surface area contributed by atoms with Crippen LogP contribution in [0.3, 0.4) is 0 Å². The van der Waals surface area contributed by atoms with Crippen molar-refractivity contribution in [3.8, 4) is 0 Å². The molecule has 0 spiro atoms. The fraction of sp³-hybridized carbons (Fsp3) is 0.615. The number of hydrogen-bond acceptors (Lipinski definition) is 3. The van der Waals surface area contributed by atoms with Crippen LogP contribution in [-0.4, -0.2) is 14.3 Å². The Morgan fingerprint density at radius 2 is 2.12 bits per heavy atom. The third kappa shape index (κ3) is 2.64. The summed E-state index contributed by atoms with van der Waals surface area (Å²) in [5.41, 5.74) is 1.04. The number of nitrogens with zero attached hydrogens (tertiary/aromatic N) is 1. The van der Waals surface area contributed by atoms with Crippen LogP contribution in [0.15, 0.2) is 24.5 Å². The molecule has 0 radical (unpaired) electrons. The van der Waals surface area contributed by atoms with Gasteiger partial charge in [0.05, 0.1) is 5.54 Å². The van der Waals surface area contributed by atoms with E-state index in [0.717, 1.165) is 18.4 Å². The molecule has 1 fully saturated rings. The van der Waals surface area contributed by atoms with Crippen molar-refractivity contribution >= 4 is 11.4 Å². The summed E-state index contributed by atoms with van der Waals surface area (Å²) in [6, 6.07) is 4.01. The van der Waals surface area contributed by atoms with E-state index in [0.29, 0.717) is 0 Å². The quantitative estimate of drug-likeness (QED) is 0.841. The van der Waals surface area contributed by atoms with E-state index in [1.54, 1.807) is 6.20 Å². The van der Waals surface area contributed by atoms with Gasteiger partial charge in [-0.3, -0.25) is 4.98 Å². The molecule has 1 unspecified atom stereocenters. The van der Waals surface area contributed by atoms with Crippen LogP contribution >= 0.6 is 0 Å². The molecule has 1 aromatic heterocycles. The Morgan fingerprint density at radius 1 is 1.41 bits per heavy atom. The van der Waals surface area contributed by atoms with E-state index < -0.39 is 11.4 Å². The molecule has 94 valence electrons. The summed E-state index contributed by atoms with van der Waals surface area (Å²) >= 11 is -1.03. The van der Waals surface area contributed by atoms with Crippen LogP contribution in [-0.2, 0) is 16.9 Å². The molecule has 17 heavy (non-hydrogen) atoms. The van der Waals surface area contributed by atoms with Gasteiger partial charge in [-0.2, -0.15) is 0 Å². The first-order chi connectivity index (χ1) is 7.94. The maximum atomic E-state index is 12.2. The number of pyridine rings is 1. The molecule has 1 atom stereocenters. The predicted molar refractivity (Wildman–Crippen MR) is 70.8 cm³/mol. The Kier molecular flexibility index (Phi) is 3.48. The summed E-state index contributed by atoms with van der Waals surface area (Å²) in [6.45, 7) is 5.98. The van der Waals surface area contributed by atoms with Crippen molar-refractivity contribution in [2.24, 2.45) is 0 Å². The Bertz CT molecular complexity index is 371. The monoisotopic (exact) mass is 252 g/mol. The van der Waals surface area contributed by atoms with Crippen LogP contribution in [0.25, 0.3) is 0 Å². The molecule has 0 saturated heterocycles. The van der Waals surface area contributed by atoms with E-state index in [1.807, 2.05) is 33.0 Å². The topological polar surface area (TPSA) is 48.0 Å². The second kappa shape index (κ2) is 4.59. The van der Waals surface area contributed by atoms with Crippen molar-refractivity contribution in [3.05, 3.63) is 30.1 Å². The third-order valence-electron chi connectivity index (χ3n) is 3.27. The van der Waals surface area contributed by atoms with Gasteiger partial charge in [-0.1, -0.05) is 6.07 Å². The highest BCUT2D eigenvalue weighted by Gasteiger charge is 2.45. The van der Waals surface area contributed by atoms with E-state index in [2.05, 4.69) is 15.8 Å². The van der Waals surface area contributed by atoms with Gasteiger partial charge in [0.25, 0.3) is 0 Å². The van der Waals surface area contributed by atoms with Crippen LogP contribution in [0.1, 0.15) is 45.6 Å². The van der Waals surface area contributed by atoms with E-state index in [1.165, 1.54) is 6.42 Å². The molecular weight excluding hydrogens is 232 g/mol. The van der Waals surface area contributed by atoms with Crippen molar-refractivity contribution < 1.29 is 4.55 Å². The van der Waals surface area contributed by atoms with Gasteiger partial charge in [0.1, 0.15) is 4.75 Å². The van der Waals surface area contributed by atoms with Gasteiger partial charge in [0.2, 0.25) is 0 Å². The van der Waals surface area contributed by atoms with E-state index >= 15 is 0 Å². The predicted octanol–water partition coefficient (Wildman–Crippen LogP) is 2.51. The summed E-state index contributed by atoms with van der Waals surface area (Å²) < 4.78 is 15.3. The number of hydrogen-bond donors (Lipinski definition) is 1. The lowest BCUT2D eigenvalue weighted by atomic mass is 9.73. The number of rotatable bonds is 3. The minimum atomic E-state index is -1.03. The van der Waals surface area contributed by atoms with Gasteiger partial charge in [-0.15, -0.1) is 4.72 Å². The van der Waals surface area contributed by atoms with Gasteiger partial charge < -0.3 is 4.55 Å². The first kappa shape index (κ1) is 12.9. The molecule has 2 rings (SSSR count). The minimum absolute atomic E-state index is 0.119. The zero-order valence-electron chi connectivity index (χ0n) is 10.7. The minimum Gasteiger partial charge on any atom is -0.598 e. The van der Waals surface area contributed by atoms with Gasteiger partial charge in [0, 0.05) is 23.8 Å². The van der Waals surface area contributed by atoms with Crippen molar-refractivity contribution in [1.29, 1.82) is 0 Å². The molecule has 3 nitrogen and oxygen atoms in total. The maximum Gasteiger partial charge on any atom is 0.136 e. The smallest absolute Gasteiger partial charge is 0.136 e. The molecule has 1 N–H and O–H groups in total. The fourth-order valence-corrected chi connectivity index (χ4v) is 2.94. The molecule has 1 heterocycles. The highest BCUT2D eigenvalue weighted by atomic mass is 32.2. The second-order valence-corrected chi connectivity index (χ2v) is 7.63. The van der Waals surface area contributed by atoms with Crippen LogP contribution in [0.5, 0.6) is 0 Å². The van der Waals surface area contributed by atoms with Gasteiger partial charge in [-0.25, -0.2) is 0 Å². The molecule has 0 amide bonds. The zero-order valence-corrected chi connectivity index (χ0v) is 11.5. The SMILES string of the molecule is CC(C)(C)[S+]([O-])NC1(c2cccnc2)CCC1. The Balaban J connectivity index is 2.16. The van der Waals surface area contributed by atoms with Crippen LogP contribution in [0.2, 0.25) is 0 Å². The van der Waals surface area contributed by atoms with Gasteiger partial charge in [-0.05, 0) is 51.7 Å². The van der Waals surface area contributed by atoms with Crippen molar-refractivity contribution in [1.82, 2.24) is 9.71 Å². The highest BCUT2D eigenvalue weighted by Crippen LogP contribution is 2.42. The fourth-order valence-electron chi connectivity index (χ4n) is 1.96. The van der Waals surface area contributed by atoms with E-state index in [-0.39, 0.29) is 10.3 Å². The summed E-state index contributed by atoms with van der Waals surface area (Å²) in [5.74, 6) is 0. The van der Waals surface area contributed by atoms with Crippen molar-refractivity contribution in [3.63, 3.8) is 0 Å². The summed E-state index contributed by atoms with van der Waals surface area (Å²) in [5, 5.41) is 0. The van der Waals surface area contributed by atoms with Gasteiger partial charge >= 0.3 is 0 Å². The van der Waals surface area contributed by atoms with E-state index in [9.17, 15) is 4.55 Å². The molecule has 1 saturated carbocycles. The largest absolute Gasteiger partial charge is 0.598 e. The van der Waals surface area contributed by atoms with Crippen molar-refractivity contribution in [2.75, 3.05) is 0 Å². The molecule has 1 aromatic rings. The number of aromatic nitrogens is 1. The standard InChI is InChI=1S/C13H20N2OS/c1-12(2,3)17(16)15-13(7-5-8-13)11-6-4-9-14-10-11/h4,6,9-10,15H,5,7-8H2,1-3H3. The van der Waals surface area contributed by atoms with Gasteiger partial charge in [0.15, 0.2) is 0 Å². The number of nitrogens with one attached hydrogen (secondary N) is 1. The lowest BCUT2D eigenvalue weighted by molar-refractivity contribution is 0.222. The second-order valence-electron chi connectivity index (χ2n) is 5.66. The van der Waals surface area contributed by atoms with Crippen LogP contribution in [0.4, 0.5) is 0 Å². The average Bonchev–Trinajstić information content (AvgIpc) is 2.23. The lowest BCUT2D eigenvalue weighted by Crippen LogP contribution is -2.54.